The van der Waals surface area contributed by atoms with E-state index < -0.39 is 10.1 Å². The highest BCUT2D eigenvalue weighted by Gasteiger charge is 2.30. The predicted molar refractivity (Wildman–Crippen MR) is 97.3 cm³/mol. The van der Waals surface area contributed by atoms with Crippen molar-refractivity contribution in [2.75, 3.05) is 19.4 Å². The summed E-state index contributed by atoms with van der Waals surface area (Å²) in [5, 5.41) is 0. The molecule has 2 aromatic carbocycles. The third kappa shape index (κ3) is 5.47. The molecule has 25 heavy (non-hydrogen) atoms. The van der Waals surface area contributed by atoms with Gasteiger partial charge in [-0.1, -0.05) is 30.3 Å². The molecule has 134 valence electrons. The van der Waals surface area contributed by atoms with Gasteiger partial charge >= 0.3 is 10.1 Å². The SMILES string of the molecule is COc1ccc(CN(CCS(=O)(=O)Oc2ccccc2)C2CC2)cc1. The Labute approximate surface area is 149 Å². The number of benzene rings is 2. The number of nitrogens with zero attached hydrogens (tertiary/aromatic N) is 1. The van der Waals surface area contributed by atoms with Crippen LogP contribution in [-0.2, 0) is 16.7 Å². The standard InChI is InChI=1S/C19H23NO4S/c1-23-18-11-7-16(8-12-18)15-20(17-9-10-17)13-14-25(21,22)24-19-5-3-2-4-6-19/h2-8,11-12,17H,9-10,13-15H2,1H3. The molecule has 0 spiro atoms. The molecule has 0 heterocycles. The van der Waals surface area contributed by atoms with Gasteiger partial charge in [-0.05, 0) is 42.7 Å². The minimum absolute atomic E-state index is 0.0193. The topological polar surface area (TPSA) is 55.8 Å². The summed E-state index contributed by atoms with van der Waals surface area (Å²) in [7, 11) is -1.96. The molecule has 0 atom stereocenters. The third-order valence-electron chi connectivity index (χ3n) is 4.20. The Morgan fingerprint density at radius 1 is 1.00 bits per heavy atom. The number of para-hydroxylation sites is 1. The normalized spacial score (nSPS) is 14.5. The molecule has 0 bridgehead atoms. The molecule has 0 saturated heterocycles. The van der Waals surface area contributed by atoms with Crippen molar-refractivity contribution in [1.82, 2.24) is 4.90 Å². The maximum Gasteiger partial charge on any atom is 0.310 e. The number of hydrogen-bond acceptors (Lipinski definition) is 5. The van der Waals surface area contributed by atoms with Crippen LogP contribution in [0.15, 0.2) is 54.6 Å². The molecule has 3 rings (SSSR count). The van der Waals surface area contributed by atoms with Crippen LogP contribution in [0.5, 0.6) is 11.5 Å². The minimum Gasteiger partial charge on any atom is -0.497 e. The number of hydrogen-bond donors (Lipinski definition) is 0. The van der Waals surface area contributed by atoms with Crippen molar-refractivity contribution in [3.05, 3.63) is 60.2 Å². The van der Waals surface area contributed by atoms with Gasteiger partial charge in [0.2, 0.25) is 0 Å². The molecule has 1 saturated carbocycles. The number of methoxy groups -OCH3 is 1. The fraction of sp³-hybridized carbons (Fsp3) is 0.368. The molecule has 0 radical (unpaired) electrons. The number of ether oxygens (including phenoxy) is 1. The Morgan fingerprint density at radius 3 is 2.28 bits per heavy atom. The van der Waals surface area contributed by atoms with E-state index in [2.05, 4.69) is 4.90 Å². The first-order valence-corrected chi connectivity index (χ1v) is 9.98. The summed E-state index contributed by atoms with van der Waals surface area (Å²) in [5.74, 6) is 1.16. The molecule has 1 aliphatic carbocycles. The van der Waals surface area contributed by atoms with E-state index in [9.17, 15) is 8.42 Å². The van der Waals surface area contributed by atoms with Crippen molar-refractivity contribution < 1.29 is 17.3 Å². The summed E-state index contributed by atoms with van der Waals surface area (Å²) >= 11 is 0. The van der Waals surface area contributed by atoms with Crippen LogP contribution in [0.4, 0.5) is 0 Å². The largest absolute Gasteiger partial charge is 0.497 e. The average molecular weight is 361 g/mol. The zero-order valence-corrected chi connectivity index (χ0v) is 15.1. The Morgan fingerprint density at radius 2 is 1.68 bits per heavy atom. The zero-order chi connectivity index (χ0) is 17.7. The summed E-state index contributed by atoms with van der Waals surface area (Å²) in [6.45, 7) is 1.20. The van der Waals surface area contributed by atoms with Crippen molar-refractivity contribution in [3.63, 3.8) is 0 Å². The van der Waals surface area contributed by atoms with Crippen molar-refractivity contribution in [3.8, 4) is 11.5 Å². The summed E-state index contributed by atoms with van der Waals surface area (Å²) in [5.41, 5.74) is 1.15. The van der Waals surface area contributed by atoms with E-state index in [1.807, 2.05) is 30.3 Å². The van der Waals surface area contributed by atoms with E-state index in [1.54, 1.807) is 31.4 Å². The maximum atomic E-state index is 12.2. The van der Waals surface area contributed by atoms with Gasteiger partial charge in [0.1, 0.15) is 11.5 Å². The maximum absolute atomic E-state index is 12.2. The van der Waals surface area contributed by atoms with Gasteiger partial charge in [0.15, 0.2) is 0 Å². The molecular weight excluding hydrogens is 338 g/mol. The molecule has 0 amide bonds. The van der Waals surface area contributed by atoms with Gasteiger partial charge < -0.3 is 8.92 Å². The van der Waals surface area contributed by atoms with Crippen molar-refractivity contribution in [2.45, 2.75) is 25.4 Å². The minimum atomic E-state index is -3.60. The van der Waals surface area contributed by atoms with Crippen LogP contribution in [0, 0.1) is 0 Å². The molecule has 2 aromatic rings. The van der Waals surface area contributed by atoms with E-state index in [0.717, 1.165) is 30.7 Å². The Bertz CT molecular complexity index is 771. The molecular formula is C19H23NO4S. The Balaban J connectivity index is 1.58. The molecule has 0 unspecified atom stereocenters. The molecule has 6 heteroatoms. The van der Waals surface area contributed by atoms with Crippen molar-refractivity contribution >= 4 is 10.1 Å². The zero-order valence-electron chi connectivity index (χ0n) is 14.3. The van der Waals surface area contributed by atoms with Gasteiger partial charge in [0.05, 0.1) is 12.9 Å². The van der Waals surface area contributed by atoms with E-state index in [4.69, 9.17) is 8.92 Å². The molecule has 5 nitrogen and oxygen atoms in total. The van der Waals surface area contributed by atoms with Gasteiger partial charge in [-0.2, -0.15) is 8.42 Å². The van der Waals surface area contributed by atoms with Gasteiger partial charge in [-0.25, -0.2) is 0 Å². The first-order chi connectivity index (χ1) is 12.1. The number of rotatable bonds is 9. The summed E-state index contributed by atoms with van der Waals surface area (Å²) in [6, 6.07) is 17.0. The van der Waals surface area contributed by atoms with Gasteiger partial charge in [-0.3, -0.25) is 4.90 Å². The fourth-order valence-electron chi connectivity index (χ4n) is 2.69. The highest BCUT2D eigenvalue weighted by atomic mass is 32.2. The highest BCUT2D eigenvalue weighted by Crippen LogP contribution is 2.28. The van der Waals surface area contributed by atoms with Crippen molar-refractivity contribution in [2.24, 2.45) is 0 Å². The highest BCUT2D eigenvalue weighted by molar-refractivity contribution is 7.87. The summed E-state index contributed by atoms with van der Waals surface area (Å²) in [6.07, 6.45) is 2.24. The van der Waals surface area contributed by atoms with E-state index in [-0.39, 0.29) is 5.75 Å². The molecule has 1 fully saturated rings. The van der Waals surface area contributed by atoms with E-state index in [0.29, 0.717) is 18.3 Å². The molecule has 0 N–H and O–H groups in total. The van der Waals surface area contributed by atoms with Crippen LogP contribution in [0.3, 0.4) is 0 Å². The van der Waals surface area contributed by atoms with E-state index in [1.165, 1.54) is 0 Å². The molecule has 0 aromatic heterocycles. The van der Waals surface area contributed by atoms with Gasteiger partial charge in [0, 0.05) is 19.1 Å². The Hall–Kier alpha value is -2.05. The predicted octanol–water partition coefficient (Wildman–Crippen LogP) is 3.07. The molecule has 1 aliphatic rings. The van der Waals surface area contributed by atoms with Crippen LogP contribution in [-0.4, -0.2) is 38.8 Å². The second-order valence-corrected chi connectivity index (χ2v) is 7.90. The summed E-state index contributed by atoms with van der Waals surface area (Å²) in [4.78, 5) is 2.22. The third-order valence-corrected chi connectivity index (χ3v) is 5.33. The van der Waals surface area contributed by atoms with Crippen LogP contribution < -0.4 is 8.92 Å². The first kappa shape index (κ1) is 17.8. The smallest absolute Gasteiger partial charge is 0.310 e. The van der Waals surface area contributed by atoms with Crippen LogP contribution >= 0.6 is 0 Å². The second-order valence-electron chi connectivity index (χ2n) is 6.21. The average Bonchev–Trinajstić information content (AvgIpc) is 3.45. The first-order valence-electron chi connectivity index (χ1n) is 8.40. The molecule has 0 aliphatic heterocycles. The van der Waals surface area contributed by atoms with Crippen LogP contribution in [0.25, 0.3) is 0 Å². The van der Waals surface area contributed by atoms with Crippen LogP contribution in [0.1, 0.15) is 18.4 Å². The van der Waals surface area contributed by atoms with Gasteiger partial charge in [0.25, 0.3) is 0 Å². The monoisotopic (exact) mass is 361 g/mol. The Kier molecular flexibility index (Phi) is 5.60. The van der Waals surface area contributed by atoms with Crippen LogP contribution in [0.2, 0.25) is 0 Å². The second kappa shape index (κ2) is 7.89. The lowest BCUT2D eigenvalue weighted by molar-refractivity contribution is 0.268. The van der Waals surface area contributed by atoms with Gasteiger partial charge in [-0.15, -0.1) is 0 Å². The lowest BCUT2D eigenvalue weighted by Gasteiger charge is -2.22. The van der Waals surface area contributed by atoms with E-state index >= 15 is 0 Å². The lowest BCUT2D eigenvalue weighted by atomic mass is 10.2. The van der Waals surface area contributed by atoms with Crippen molar-refractivity contribution in [1.29, 1.82) is 0 Å². The quantitative estimate of drug-likeness (QED) is 0.643. The summed E-state index contributed by atoms with van der Waals surface area (Å²) < 4.78 is 34.8. The fourth-order valence-corrected chi connectivity index (χ4v) is 3.64. The lowest BCUT2D eigenvalue weighted by Crippen LogP contribution is -2.32.